The maximum Gasteiger partial charge on any atom is 0.252 e. The molecule has 0 spiro atoms. The van der Waals surface area contributed by atoms with Crippen LogP contribution in [0.25, 0.3) is 22.4 Å². The lowest BCUT2D eigenvalue weighted by Crippen LogP contribution is -2.36. The fraction of sp³-hybridized carbons (Fsp3) is 0.382. The molecule has 4 aromatic rings. The maximum atomic E-state index is 13.5. The molecule has 226 valence electrons. The first-order chi connectivity index (χ1) is 20.8. The standard InChI is InChI=1S/C34H42N6O3/c1-6-40-12-11-32(37-40)29-20-27(19-28(21-29)26-8-10-33(35-23-26)39-14-16-42-17-15-39)25(3)36-34(41)31-22-30(9-7-24(31)2)43-18-13-38(4)5/h7-12,19-23,25H,6,13-18H2,1-5H3,(H,36,41)/t25-/m1/s1. The summed E-state index contributed by atoms with van der Waals surface area (Å²) < 4.78 is 13.3. The van der Waals surface area contributed by atoms with Crippen LogP contribution in [0, 0.1) is 6.92 Å². The zero-order valence-electron chi connectivity index (χ0n) is 25.8. The highest BCUT2D eigenvalue weighted by molar-refractivity contribution is 5.96. The zero-order chi connectivity index (χ0) is 30.3. The zero-order valence-corrected chi connectivity index (χ0v) is 25.8. The van der Waals surface area contributed by atoms with Crippen molar-refractivity contribution < 1.29 is 14.3 Å². The van der Waals surface area contributed by atoms with Crippen molar-refractivity contribution in [3.8, 4) is 28.1 Å². The second-order valence-corrected chi connectivity index (χ2v) is 11.2. The van der Waals surface area contributed by atoms with Gasteiger partial charge in [-0.2, -0.15) is 5.10 Å². The van der Waals surface area contributed by atoms with Crippen LogP contribution >= 0.6 is 0 Å². The molecule has 1 fully saturated rings. The minimum atomic E-state index is -0.252. The number of hydrogen-bond donors (Lipinski definition) is 1. The SMILES string of the molecule is CCn1ccc(-c2cc(-c3ccc(N4CCOCC4)nc3)cc([C@@H](C)NC(=O)c3cc(OCCN(C)C)ccc3C)c2)n1. The average Bonchev–Trinajstić information content (AvgIpc) is 3.52. The molecule has 0 unspecified atom stereocenters. The molecule has 1 amide bonds. The number of pyridine rings is 1. The highest BCUT2D eigenvalue weighted by Crippen LogP contribution is 2.31. The number of ether oxygens (including phenoxy) is 2. The van der Waals surface area contributed by atoms with Gasteiger partial charge in [-0.1, -0.05) is 6.07 Å². The molecule has 9 heteroatoms. The Labute approximate surface area is 254 Å². The Balaban J connectivity index is 1.41. The van der Waals surface area contributed by atoms with E-state index in [0.29, 0.717) is 17.9 Å². The van der Waals surface area contributed by atoms with Gasteiger partial charge in [-0.25, -0.2) is 4.98 Å². The number of carbonyl (C=O) groups is 1. The lowest BCUT2D eigenvalue weighted by molar-refractivity contribution is 0.0938. The van der Waals surface area contributed by atoms with Crippen molar-refractivity contribution in [2.45, 2.75) is 33.4 Å². The predicted molar refractivity (Wildman–Crippen MR) is 171 cm³/mol. The molecular weight excluding hydrogens is 540 g/mol. The number of aryl methyl sites for hydroxylation is 2. The Morgan fingerprint density at radius 1 is 1.05 bits per heavy atom. The second kappa shape index (κ2) is 13.8. The van der Waals surface area contributed by atoms with E-state index in [9.17, 15) is 4.79 Å². The van der Waals surface area contributed by atoms with Gasteiger partial charge in [-0.05, 0) is 100 Å². The molecular formula is C34H42N6O3. The summed E-state index contributed by atoms with van der Waals surface area (Å²) in [6.07, 6.45) is 3.91. The summed E-state index contributed by atoms with van der Waals surface area (Å²) in [5.41, 5.74) is 6.40. The molecule has 0 radical (unpaired) electrons. The molecule has 1 aliphatic heterocycles. The van der Waals surface area contributed by atoms with Gasteiger partial charge < -0.3 is 24.6 Å². The van der Waals surface area contributed by atoms with E-state index in [2.05, 4.69) is 52.4 Å². The topological polar surface area (TPSA) is 84.8 Å². The van der Waals surface area contributed by atoms with Gasteiger partial charge in [0.05, 0.1) is 24.9 Å². The number of rotatable bonds is 11. The molecule has 1 N–H and O–H groups in total. The minimum Gasteiger partial charge on any atom is -0.492 e. The summed E-state index contributed by atoms with van der Waals surface area (Å²) >= 11 is 0. The van der Waals surface area contributed by atoms with Gasteiger partial charge >= 0.3 is 0 Å². The third-order valence-electron chi connectivity index (χ3n) is 7.74. The third-order valence-corrected chi connectivity index (χ3v) is 7.74. The van der Waals surface area contributed by atoms with Crippen molar-refractivity contribution in [2.75, 3.05) is 58.5 Å². The van der Waals surface area contributed by atoms with Gasteiger partial charge in [0.2, 0.25) is 0 Å². The first kappa shape index (κ1) is 30.3. The Morgan fingerprint density at radius 3 is 2.53 bits per heavy atom. The molecule has 9 nitrogen and oxygen atoms in total. The van der Waals surface area contributed by atoms with Gasteiger partial charge in [0, 0.05) is 55.3 Å². The minimum absolute atomic E-state index is 0.137. The number of benzene rings is 2. The molecule has 3 heterocycles. The smallest absolute Gasteiger partial charge is 0.252 e. The number of likely N-dealkylation sites (N-methyl/N-ethyl adjacent to an activating group) is 1. The quantitative estimate of drug-likeness (QED) is 0.260. The molecule has 0 bridgehead atoms. The van der Waals surface area contributed by atoms with Gasteiger partial charge in [0.25, 0.3) is 5.91 Å². The molecule has 0 aliphatic carbocycles. The van der Waals surface area contributed by atoms with Crippen molar-refractivity contribution in [3.05, 3.63) is 83.7 Å². The summed E-state index contributed by atoms with van der Waals surface area (Å²) in [6.45, 7) is 11.3. The Bertz CT molecular complexity index is 1530. The van der Waals surface area contributed by atoms with Gasteiger partial charge in [-0.3, -0.25) is 9.48 Å². The molecule has 1 aliphatic rings. The molecule has 1 atom stereocenters. The third kappa shape index (κ3) is 7.60. The fourth-order valence-electron chi connectivity index (χ4n) is 5.08. The number of carbonyl (C=O) groups excluding carboxylic acids is 1. The summed E-state index contributed by atoms with van der Waals surface area (Å²) in [5, 5.41) is 7.97. The van der Waals surface area contributed by atoms with Crippen molar-refractivity contribution in [3.63, 3.8) is 0 Å². The van der Waals surface area contributed by atoms with E-state index in [1.54, 1.807) is 0 Å². The molecule has 2 aromatic heterocycles. The lowest BCUT2D eigenvalue weighted by Gasteiger charge is -2.27. The van der Waals surface area contributed by atoms with Gasteiger partial charge in [-0.15, -0.1) is 0 Å². The van der Waals surface area contributed by atoms with E-state index in [1.807, 2.05) is 69.3 Å². The van der Waals surface area contributed by atoms with Crippen LogP contribution in [0.4, 0.5) is 5.82 Å². The monoisotopic (exact) mass is 582 g/mol. The summed E-state index contributed by atoms with van der Waals surface area (Å²) in [7, 11) is 4.01. The average molecular weight is 583 g/mol. The van der Waals surface area contributed by atoms with Crippen molar-refractivity contribution in [1.29, 1.82) is 0 Å². The van der Waals surface area contributed by atoms with E-state index >= 15 is 0 Å². The second-order valence-electron chi connectivity index (χ2n) is 11.2. The van der Waals surface area contributed by atoms with E-state index in [1.165, 1.54) is 0 Å². The normalized spacial score (nSPS) is 14.1. The number of nitrogens with one attached hydrogen (secondary N) is 1. The number of hydrogen-bond acceptors (Lipinski definition) is 7. The highest BCUT2D eigenvalue weighted by atomic mass is 16.5. The fourth-order valence-corrected chi connectivity index (χ4v) is 5.08. The number of anilines is 1. The molecule has 1 saturated heterocycles. The number of nitrogens with zero attached hydrogens (tertiary/aromatic N) is 5. The van der Waals surface area contributed by atoms with Crippen LogP contribution < -0.4 is 15.0 Å². The summed E-state index contributed by atoms with van der Waals surface area (Å²) in [6, 6.07) is 18.0. The van der Waals surface area contributed by atoms with E-state index in [4.69, 9.17) is 19.6 Å². The predicted octanol–water partition coefficient (Wildman–Crippen LogP) is 5.21. The van der Waals surface area contributed by atoms with Gasteiger partial charge in [0.1, 0.15) is 18.2 Å². The van der Waals surface area contributed by atoms with Crippen LogP contribution in [-0.4, -0.2) is 79.1 Å². The Kier molecular flexibility index (Phi) is 9.74. The first-order valence-electron chi connectivity index (χ1n) is 15.0. The lowest BCUT2D eigenvalue weighted by atomic mass is 9.96. The summed E-state index contributed by atoms with van der Waals surface area (Å²) in [5.74, 6) is 1.50. The molecule has 43 heavy (non-hydrogen) atoms. The number of amides is 1. The van der Waals surface area contributed by atoms with Gasteiger partial charge in [0.15, 0.2) is 0 Å². The number of aromatic nitrogens is 3. The largest absolute Gasteiger partial charge is 0.492 e. The van der Waals surface area contributed by atoms with E-state index < -0.39 is 0 Å². The van der Waals surface area contributed by atoms with Crippen LogP contribution in [0.5, 0.6) is 5.75 Å². The maximum absolute atomic E-state index is 13.5. The first-order valence-corrected chi connectivity index (χ1v) is 15.0. The molecule has 5 rings (SSSR count). The van der Waals surface area contributed by atoms with Crippen LogP contribution in [0.15, 0.2) is 67.0 Å². The van der Waals surface area contributed by atoms with Crippen LogP contribution in [0.2, 0.25) is 0 Å². The van der Waals surface area contributed by atoms with Crippen LogP contribution in [-0.2, 0) is 11.3 Å². The van der Waals surface area contributed by atoms with Crippen LogP contribution in [0.1, 0.15) is 41.4 Å². The van der Waals surface area contributed by atoms with Crippen molar-refractivity contribution in [1.82, 2.24) is 25.0 Å². The van der Waals surface area contributed by atoms with Crippen molar-refractivity contribution >= 4 is 11.7 Å². The van der Waals surface area contributed by atoms with E-state index in [0.717, 1.165) is 78.7 Å². The Morgan fingerprint density at radius 2 is 1.84 bits per heavy atom. The van der Waals surface area contributed by atoms with Crippen LogP contribution in [0.3, 0.4) is 0 Å². The van der Waals surface area contributed by atoms with Crippen molar-refractivity contribution in [2.24, 2.45) is 0 Å². The molecule has 2 aromatic carbocycles. The summed E-state index contributed by atoms with van der Waals surface area (Å²) in [4.78, 5) is 22.6. The highest BCUT2D eigenvalue weighted by Gasteiger charge is 2.18. The number of morpholine rings is 1. The molecule has 0 saturated carbocycles. The van der Waals surface area contributed by atoms with E-state index in [-0.39, 0.29) is 11.9 Å². The Hall–Kier alpha value is -4.21.